The summed E-state index contributed by atoms with van der Waals surface area (Å²) in [7, 11) is 2.98. The van der Waals surface area contributed by atoms with E-state index in [0.717, 1.165) is 67.1 Å². The zero-order valence-corrected chi connectivity index (χ0v) is 25.5. The number of oxazole rings is 1. The molecule has 6 rings (SSSR count). The minimum Gasteiger partial charge on any atom is -0.494 e. The van der Waals surface area contributed by atoms with Gasteiger partial charge in [-0.1, -0.05) is 12.1 Å². The van der Waals surface area contributed by atoms with Gasteiger partial charge in [-0.05, 0) is 94.4 Å². The Morgan fingerprint density at radius 1 is 0.932 bits per heavy atom. The van der Waals surface area contributed by atoms with E-state index in [0.29, 0.717) is 55.5 Å². The maximum Gasteiger partial charge on any atom is 0.308 e. The largest absolute Gasteiger partial charge is 0.494 e. The molecule has 0 bridgehead atoms. The number of hydrogen-bond donors (Lipinski definition) is 0. The van der Waals surface area contributed by atoms with Crippen LogP contribution >= 0.6 is 0 Å². The van der Waals surface area contributed by atoms with Crippen LogP contribution in [0.3, 0.4) is 0 Å². The number of rotatable bonds is 9. The van der Waals surface area contributed by atoms with Crippen molar-refractivity contribution in [2.45, 2.75) is 76.0 Å². The summed E-state index contributed by atoms with van der Waals surface area (Å²) in [6.07, 6.45) is 10.5. The van der Waals surface area contributed by atoms with Crippen LogP contribution in [0.4, 0.5) is 5.69 Å². The van der Waals surface area contributed by atoms with Gasteiger partial charge in [-0.2, -0.15) is 5.26 Å². The fourth-order valence-corrected chi connectivity index (χ4v) is 6.89. The highest BCUT2D eigenvalue weighted by Gasteiger charge is 2.35. The third-order valence-electron chi connectivity index (χ3n) is 9.69. The van der Waals surface area contributed by atoms with Crippen LogP contribution in [0, 0.1) is 29.1 Å². The van der Waals surface area contributed by atoms with Crippen LogP contribution < -0.4 is 9.64 Å². The molecule has 0 unspecified atom stereocenters. The van der Waals surface area contributed by atoms with Crippen LogP contribution in [-0.4, -0.2) is 42.6 Å². The molecule has 0 aliphatic heterocycles. The number of hydrogen-bond acceptors (Lipinski definition) is 8. The van der Waals surface area contributed by atoms with Gasteiger partial charge in [-0.25, -0.2) is 9.97 Å². The van der Waals surface area contributed by atoms with E-state index in [-0.39, 0.29) is 29.6 Å². The Balaban J connectivity index is 1.19. The molecule has 1 amide bonds. The lowest BCUT2D eigenvalue weighted by Gasteiger charge is -2.36. The van der Waals surface area contributed by atoms with Crippen molar-refractivity contribution < 1.29 is 23.5 Å². The molecule has 3 aromatic rings. The van der Waals surface area contributed by atoms with Crippen molar-refractivity contribution in [1.82, 2.24) is 9.97 Å². The van der Waals surface area contributed by atoms with Crippen molar-refractivity contribution >= 4 is 17.6 Å². The molecule has 0 saturated heterocycles. The van der Waals surface area contributed by atoms with Crippen molar-refractivity contribution in [3.63, 3.8) is 0 Å². The summed E-state index contributed by atoms with van der Waals surface area (Å²) >= 11 is 0. The molecule has 0 spiro atoms. The van der Waals surface area contributed by atoms with Crippen molar-refractivity contribution in [3.8, 4) is 23.1 Å². The highest BCUT2D eigenvalue weighted by molar-refractivity contribution is 5.95. The molecule has 1 aromatic carbocycles. The second-order valence-corrected chi connectivity index (χ2v) is 12.5. The standard InChI is InChI=1S/C35H40N4O5/c1-42-32-17-16-29(37-30(32)19-36)23-8-6-22(7-9-23)20-39(34(40)25-12-14-26(15-13-25)35(41)43-2)28-5-3-4-27(18-28)31-21-44-33(38-31)24-10-11-24/h3-5,16-18,21-26H,6-15,20H2,1-2H3/t22-,23-,25-,26-. The first-order valence-electron chi connectivity index (χ1n) is 15.9. The van der Waals surface area contributed by atoms with Crippen LogP contribution in [-0.2, 0) is 14.3 Å². The molecule has 3 saturated carbocycles. The van der Waals surface area contributed by atoms with E-state index >= 15 is 0 Å². The van der Waals surface area contributed by atoms with Gasteiger partial charge in [0.2, 0.25) is 5.91 Å². The summed E-state index contributed by atoms with van der Waals surface area (Å²) in [4.78, 5) is 37.6. The first-order valence-corrected chi connectivity index (χ1v) is 15.9. The Morgan fingerprint density at radius 3 is 2.34 bits per heavy atom. The first kappa shape index (κ1) is 29.9. The van der Waals surface area contributed by atoms with Crippen LogP contribution in [0.1, 0.15) is 93.3 Å². The molecule has 230 valence electrons. The number of methoxy groups -OCH3 is 2. The number of pyridine rings is 1. The summed E-state index contributed by atoms with van der Waals surface area (Å²) in [5.74, 6) is 2.03. The fourth-order valence-electron chi connectivity index (χ4n) is 6.89. The maximum absolute atomic E-state index is 14.2. The van der Waals surface area contributed by atoms with Gasteiger partial charge in [0, 0.05) is 41.2 Å². The molecule has 0 atom stereocenters. The molecule has 0 N–H and O–H groups in total. The molecular formula is C35H40N4O5. The number of amides is 1. The average Bonchev–Trinajstić information content (AvgIpc) is 3.82. The second kappa shape index (κ2) is 13.2. The Kier molecular flexibility index (Phi) is 8.96. The molecular weight excluding hydrogens is 556 g/mol. The predicted octanol–water partition coefficient (Wildman–Crippen LogP) is 6.78. The number of ether oxygens (including phenoxy) is 2. The molecule has 2 heterocycles. The van der Waals surface area contributed by atoms with E-state index in [1.54, 1.807) is 13.4 Å². The van der Waals surface area contributed by atoms with Gasteiger partial charge < -0.3 is 18.8 Å². The van der Waals surface area contributed by atoms with Gasteiger partial charge in [0.1, 0.15) is 18.0 Å². The van der Waals surface area contributed by atoms with E-state index < -0.39 is 0 Å². The van der Waals surface area contributed by atoms with Gasteiger partial charge in [-0.15, -0.1) is 0 Å². The summed E-state index contributed by atoms with van der Waals surface area (Å²) in [6, 6.07) is 14.0. The van der Waals surface area contributed by atoms with E-state index in [1.807, 2.05) is 35.2 Å². The van der Waals surface area contributed by atoms with Crippen molar-refractivity contribution in [2.24, 2.45) is 17.8 Å². The monoisotopic (exact) mass is 596 g/mol. The van der Waals surface area contributed by atoms with Gasteiger partial charge in [0.25, 0.3) is 0 Å². The summed E-state index contributed by atoms with van der Waals surface area (Å²) in [5, 5.41) is 9.49. The molecule has 2 aromatic heterocycles. The number of anilines is 1. The topological polar surface area (TPSA) is 119 Å². The Morgan fingerprint density at radius 2 is 1.66 bits per heavy atom. The van der Waals surface area contributed by atoms with Gasteiger partial charge in [0.15, 0.2) is 17.3 Å². The Bertz CT molecular complexity index is 1520. The average molecular weight is 597 g/mol. The Labute approximate surface area is 258 Å². The van der Waals surface area contributed by atoms with Crippen LogP contribution in [0.5, 0.6) is 5.75 Å². The minimum absolute atomic E-state index is 0.127. The molecule has 44 heavy (non-hydrogen) atoms. The Hall–Kier alpha value is -4.19. The number of aromatic nitrogens is 2. The predicted molar refractivity (Wildman–Crippen MR) is 164 cm³/mol. The third kappa shape index (κ3) is 6.50. The highest BCUT2D eigenvalue weighted by Crippen LogP contribution is 2.41. The molecule has 0 radical (unpaired) electrons. The summed E-state index contributed by atoms with van der Waals surface area (Å²) < 4.78 is 16.0. The van der Waals surface area contributed by atoms with E-state index in [9.17, 15) is 14.9 Å². The van der Waals surface area contributed by atoms with E-state index in [4.69, 9.17) is 18.9 Å². The number of nitriles is 1. The molecule has 3 aliphatic carbocycles. The molecule has 3 aliphatic rings. The molecule has 3 fully saturated rings. The molecule has 9 heteroatoms. The number of benzene rings is 1. The summed E-state index contributed by atoms with van der Waals surface area (Å²) in [6.45, 7) is 0.636. The maximum atomic E-state index is 14.2. The number of carbonyl (C=O) groups is 2. The van der Waals surface area contributed by atoms with E-state index in [1.165, 1.54) is 7.11 Å². The third-order valence-corrected chi connectivity index (χ3v) is 9.69. The number of carbonyl (C=O) groups excluding carboxylic acids is 2. The lowest BCUT2D eigenvalue weighted by Crippen LogP contribution is -2.42. The number of nitrogens with zero attached hydrogens (tertiary/aromatic N) is 4. The normalized spacial score (nSPS) is 23.4. The van der Waals surface area contributed by atoms with Gasteiger partial charge >= 0.3 is 5.97 Å². The lowest BCUT2D eigenvalue weighted by atomic mass is 9.79. The van der Waals surface area contributed by atoms with Crippen molar-refractivity contribution in [1.29, 1.82) is 5.26 Å². The van der Waals surface area contributed by atoms with Crippen LogP contribution in [0.25, 0.3) is 11.3 Å². The first-order chi connectivity index (χ1) is 21.5. The number of esters is 1. The summed E-state index contributed by atoms with van der Waals surface area (Å²) in [5.41, 5.74) is 3.86. The van der Waals surface area contributed by atoms with E-state index in [2.05, 4.69) is 17.1 Å². The zero-order valence-electron chi connectivity index (χ0n) is 25.5. The van der Waals surface area contributed by atoms with Crippen LogP contribution in [0.2, 0.25) is 0 Å². The minimum atomic E-state index is -0.177. The smallest absolute Gasteiger partial charge is 0.308 e. The van der Waals surface area contributed by atoms with Crippen LogP contribution in [0.15, 0.2) is 47.1 Å². The fraction of sp³-hybridized carbons (Fsp3) is 0.514. The second-order valence-electron chi connectivity index (χ2n) is 12.5. The molecule has 9 nitrogen and oxygen atoms in total. The van der Waals surface area contributed by atoms with Gasteiger partial charge in [0.05, 0.1) is 20.1 Å². The van der Waals surface area contributed by atoms with Crippen molar-refractivity contribution in [2.75, 3.05) is 25.7 Å². The highest BCUT2D eigenvalue weighted by atomic mass is 16.5. The van der Waals surface area contributed by atoms with Gasteiger partial charge in [-0.3, -0.25) is 9.59 Å². The SMILES string of the molecule is COc1ccc([C@H]2CC[C@H](CN(c3cccc(-c4coc(C5CC5)n4)c3)C(=O)[C@H]3CC[C@H](C(=O)OC)CC3)CC2)nc1C#N. The lowest BCUT2D eigenvalue weighted by molar-refractivity contribution is -0.147. The quantitative estimate of drug-likeness (QED) is 0.248. The zero-order chi connectivity index (χ0) is 30.6. The van der Waals surface area contributed by atoms with Crippen molar-refractivity contribution in [3.05, 3.63) is 59.9 Å².